The number of aliphatic hydroxyl groups excluding tert-OH is 2. The van der Waals surface area contributed by atoms with Gasteiger partial charge in [-0.3, -0.25) is 0 Å². The summed E-state index contributed by atoms with van der Waals surface area (Å²) in [7, 11) is 0. The summed E-state index contributed by atoms with van der Waals surface area (Å²) in [4.78, 5) is 2.55. The molecule has 0 aliphatic heterocycles. The number of hydrogen-bond donors (Lipinski definition) is 3. The normalized spacial score (nSPS) is 13.2. The molecule has 3 N–H and O–H groups in total. The van der Waals surface area contributed by atoms with E-state index in [2.05, 4.69) is 10.0 Å². The van der Waals surface area contributed by atoms with E-state index in [4.69, 9.17) is 5.53 Å². The fourth-order valence-electron chi connectivity index (χ4n) is 1.97. The summed E-state index contributed by atoms with van der Waals surface area (Å²) in [6, 6.07) is 13.8. The third-order valence-corrected chi connectivity index (χ3v) is 3.15. The first-order valence-electron chi connectivity index (χ1n) is 6.38. The molecule has 2 aromatic rings. The molecule has 0 aliphatic carbocycles. The van der Waals surface area contributed by atoms with E-state index in [-0.39, 0.29) is 12.3 Å². The zero-order chi connectivity index (χ0) is 15.2. The molecule has 0 saturated heterocycles. The van der Waals surface area contributed by atoms with E-state index in [9.17, 15) is 15.3 Å². The Balaban J connectivity index is 2.14. The van der Waals surface area contributed by atoms with Crippen LogP contribution in [0.4, 0.5) is 0 Å². The summed E-state index contributed by atoms with van der Waals surface area (Å²) in [5, 5.41) is 32.1. The van der Waals surface area contributed by atoms with Crippen LogP contribution in [0.15, 0.2) is 53.6 Å². The Kier molecular flexibility index (Phi) is 4.79. The lowest BCUT2D eigenvalue weighted by Crippen LogP contribution is -2.21. The SMILES string of the molecule is [N-]=[N+]=NCC(O)C(O)c1ccc(-c2ccc(O)cc2)cc1. The Morgan fingerprint density at radius 2 is 1.48 bits per heavy atom. The van der Waals surface area contributed by atoms with Crippen LogP contribution in [0.1, 0.15) is 11.7 Å². The lowest BCUT2D eigenvalue weighted by molar-refractivity contribution is 0.0244. The second-order valence-corrected chi connectivity index (χ2v) is 4.59. The zero-order valence-corrected chi connectivity index (χ0v) is 11.2. The quantitative estimate of drug-likeness (QED) is 0.446. The van der Waals surface area contributed by atoms with Gasteiger partial charge in [-0.05, 0) is 34.4 Å². The van der Waals surface area contributed by atoms with Gasteiger partial charge in [0.25, 0.3) is 0 Å². The van der Waals surface area contributed by atoms with Gasteiger partial charge in [0.1, 0.15) is 11.9 Å². The van der Waals surface area contributed by atoms with Crippen molar-refractivity contribution in [1.82, 2.24) is 0 Å². The third-order valence-electron chi connectivity index (χ3n) is 3.15. The molecular formula is C15H15N3O3. The molecule has 2 unspecified atom stereocenters. The molecule has 0 aromatic heterocycles. The number of benzene rings is 2. The van der Waals surface area contributed by atoms with Crippen LogP contribution in [-0.4, -0.2) is 28.0 Å². The van der Waals surface area contributed by atoms with Gasteiger partial charge >= 0.3 is 0 Å². The van der Waals surface area contributed by atoms with E-state index in [1.807, 2.05) is 12.1 Å². The first-order chi connectivity index (χ1) is 10.1. The van der Waals surface area contributed by atoms with Crippen molar-refractivity contribution in [1.29, 1.82) is 0 Å². The Morgan fingerprint density at radius 1 is 0.952 bits per heavy atom. The van der Waals surface area contributed by atoms with Gasteiger partial charge in [-0.15, -0.1) is 0 Å². The maximum Gasteiger partial charge on any atom is 0.115 e. The minimum atomic E-state index is -1.14. The molecule has 2 aromatic carbocycles. The van der Waals surface area contributed by atoms with E-state index in [0.717, 1.165) is 11.1 Å². The van der Waals surface area contributed by atoms with Crippen molar-refractivity contribution in [2.45, 2.75) is 12.2 Å². The molecule has 2 atom stereocenters. The highest BCUT2D eigenvalue weighted by molar-refractivity contribution is 5.64. The number of nitrogens with zero attached hydrogens (tertiary/aromatic N) is 3. The molecular weight excluding hydrogens is 270 g/mol. The molecule has 0 spiro atoms. The second-order valence-electron chi connectivity index (χ2n) is 4.59. The molecule has 6 nitrogen and oxygen atoms in total. The number of aliphatic hydroxyl groups is 2. The first-order valence-corrected chi connectivity index (χ1v) is 6.38. The molecule has 0 aliphatic rings. The molecule has 0 amide bonds. The van der Waals surface area contributed by atoms with Crippen molar-refractivity contribution in [3.8, 4) is 16.9 Å². The summed E-state index contributed by atoms with van der Waals surface area (Å²) >= 11 is 0. The van der Waals surface area contributed by atoms with Crippen molar-refractivity contribution in [3.05, 3.63) is 64.5 Å². The predicted molar refractivity (Wildman–Crippen MR) is 78.5 cm³/mol. The van der Waals surface area contributed by atoms with Crippen molar-refractivity contribution in [2.75, 3.05) is 6.54 Å². The van der Waals surface area contributed by atoms with Gasteiger partial charge in [-0.2, -0.15) is 0 Å². The number of hydrogen-bond acceptors (Lipinski definition) is 4. The highest BCUT2D eigenvalue weighted by Gasteiger charge is 2.17. The maximum atomic E-state index is 9.95. The molecule has 0 radical (unpaired) electrons. The Morgan fingerprint density at radius 3 is 2.00 bits per heavy atom. The summed E-state index contributed by atoms with van der Waals surface area (Å²) in [5.41, 5.74) is 10.6. The van der Waals surface area contributed by atoms with Gasteiger partial charge < -0.3 is 15.3 Å². The van der Waals surface area contributed by atoms with E-state index >= 15 is 0 Å². The second kappa shape index (κ2) is 6.76. The van der Waals surface area contributed by atoms with Crippen molar-refractivity contribution in [3.63, 3.8) is 0 Å². The Bertz CT molecular complexity index is 634. The topological polar surface area (TPSA) is 109 Å². The van der Waals surface area contributed by atoms with Crippen LogP contribution in [0.25, 0.3) is 21.6 Å². The highest BCUT2D eigenvalue weighted by Crippen LogP contribution is 2.25. The maximum absolute atomic E-state index is 9.95. The van der Waals surface area contributed by atoms with E-state index in [1.165, 1.54) is 0 Å². The molecule has 0 heterocycles. The van der Waals surface area contributed by atoms with E-state index in [0.29, 0.717) is 5.56 Å². The molecule has 0 saturated carbocycles. The molecule has 108 valence electrons. The van der Waals surface area contributed by atoms with Gasteiger partial charge in [0, 0.05) is 4.91 Å². The lowest BCUT2D eigenvalue weighted by atomic mass is 9.99. The van der Waals surface area contributed by atoms with Crippen LogP contribution in [-0.2, 0) is 0 Å². The van der Waals surface area contributed by atoms with Crippen LogP contribution in [0, 0.1) is 0 Å². The third kappa shape index (κ3) is 3.73. The van der Waals surface area contributed by atoms with Crippen LogP contribution >= 0.6 is 0 Å². The number of azide groups is 1. The Labute approximate surface area is 121 Å². The van der Waals surface area contributed by atoms with Crippen LogP contribution in [0.5, 0.6) is 5.75 Å². The zero-order valence-electron chi connectivity index (χ0n) is 11.2. The molecule has 0 bridgehead atoms. The van der Waals surface area contributed by atoms with Crippen molar-refractivity contribution in [2.24, 2.45) is 5.11 Å². The lowest BCUT2D eigenvalue weighted by Gasteiger charge is -2.16. The minimum absolute atomic E-state index is 0.183. The summed E-state index contributed by atoms with van der Waals surface area (Å²) in [6.45, 7) is -0.183. The molecule has 0 fully saturated rings. The fourth-order valence-corrected chi connectivity index (χ4v) is 1.97. The average Bonchev–Trinajstić information content (AvgIpc) is 2.53. The number of rotatable bonds is 5. The van der Waals surface area contributed by atoms with Gasteiger partial charge in [0.2, 0.25) is 0 Å². The summed E-state index contributed by atoms with van der Waals surface area (Å²) in [6.07, 6.45) is -2.25. The minimum Gasteiger partial charge on any atom is -0.508 e. The van der Waals surface area contributed by atoms with Gasteiger partial charge in [0.05, 0.1) is 12.6 Å². The van der Waals surface area contributed by atoms with Crippen LogP contribution < -0.4 is 0 Å². The summed E-state index contributed by atoms with van der Waals surface area (Å²) in [5.74, 6) is 0.201. The molecule has 6 heteroatoms. The smallest absolute Gasteiger partial charge is 0.115 e. The van der Waals surface area contributed by atoms with Crippen molar-refractivity contribution >= 4 is 0 Å². The van der Waals surface area contributed by atoms with Crippen LogP contribution in [0.2, 0.25) is 0 Å². The number of phenolic OH excluding ortho intramolecular Hbond substituents is 1. The van der Waals surface area contributed by atoms with E-state index < -0.39 is 12.2 Å². The molecule has 2 rings (SSSR count). The predicted octanol–water partition coefficient (Wildman–Crippen LogP) is 2.76. The van der Waals surface area contributed by atoms with Crippen molar-refractivity contribution < 1.29 is 15.3 Å². The van der Waals surface area contributed by atoms with E-state index in [1.54, 1.807) is 36.4 Å². The standard InChI is InChI=1S/C15H15N3O3/c16-18-17-9-14(20)15(21)12-3-1-10(2-4-12)11-5-7-13(19)8-6-11/h1-8,14-15,19-21H,9H2. The first kappa shape index (κ1) is 14.9. The number of phenols is 1. The van der Waals surface area contributed by atoms with Gasteiger partial charge in [0.15, 0.2) is 0 Å². The van der Waals surface area contributed by atoms with Gasteiger partial charge in [-0.1, -0.05) is 41.5 Å². The molecule has 21 heavy (non-hydrogen) atoms. The van der Waals surface area contributed by atoms with Gasteiger partial charge in [-0.25, -0.2) is 0 Å². The summed E-state index contributed by atoms with van der Waals surface area (Å²) < 4.78 is 0. The Hall–Kier alpha value is -2.53. The number of aromatic hydroxyl groups is 1. The largest absolute Gasteiger partial charge is 0.508 e. The monoisotopic (exact) mass is 285 g/mol. The highest BCUT2D eigenvalue weighted by atomic mass is 16.3. The fraction of sp³-hybridized carbons (Fsp3) is 0.200. The van der Waals surface area contributed by atoms with Crippen LogP contribution in [0.3, 0.4) is 0 Å². The average molecular weight is 285 g/mol.